The number of hydrogen-bond acceptors (Lipinski definition) is 10. The number of nitrogens with one attached hydrogen (secondary N) is 2. The van der Waals surface area contributed by atoms with Gasteiger partial charge < -0.3 is 34.5 Å². The first-order valence-electron chi connectivity index (χ1n) is 23.6. The number of ether oxygens (including phenoxy) is 4. The largest absolute Gasteiger partial charge is 0.481 e. The van der Waals surface area contributed by atoms with E-state index in [1.807, 2.05) is 91.9 Å². The van der Waals surface area contributed by atoms with E-state index in [9.17, 15) is 28.8 Å². The van der Waals surface area contributed by atoms with Gasteiger partial charge in [-0.05, 0) is 72.6 Å². The van der Waals surface area contributed by atoms with Gasteiger partial charge >= 0.3 is 23.9 Å². The Labute approximate surface area is 400 Å². The molecule has 2 N–H and O–H groups in total. The minimum Gasteiger partial charge on any atom is -0.481 e. The molecule has 5 rings (SSSR count). The summed E-state index contributed by atoms with van der Waals surface area (Å²) < 4.78 is 21.2. The van der Waals surface area contributed by atoms with Gasteiger partial charge in [0.2, 0.25) is 11.8 Å². The first-order valence-corrected chi connectivity index (χ1v) is 23.6. The fraction of sp³-hybridized carbons (Fsp3) is 0.407. The average Bonchev–Trinajstić information content (AvgIpc) is 3.36. The fourth-order valence-electron chi connectivity index (χ4n) is 8.10. The number of amides is 4. The molecule has 2 atom stereocenters. The third-order valence-corrected chi connectivity index (χ3v) is 11.9. The normalized spacial score (nSPS) is 13.8. The number of carbonyl (C=O) groups excluding carboxylic acids is 6. The van der Waals surface area contributed by atoms with Gasteiger partial charge in [0.25, 0.3) is 0 Å². The van der Waals surface area contributed by atoms with Gasteiger partial charge in [-0.1, -0.05) is 137 Å². The molecule has 14 nitrogen and oxygen atoms in total. The fourth-order valence-corrected chi connectivity index (χ4v) is 8.10. The summed E-state index contributed by atoms with van der Waals surface area (Å²) in [4.78, 5) is 84.4. The van der Waals surface area contributed by atoms with Crippen LogP contribution in [0.2, 0.25) is 0 Å². The molecule has 1 aliphatic heterocycles. The average molecular weight is 931 g/mol. The van der Waals surface area contributed by atoms with Gasteiger partial charge in [0.15, 0.2) is 6.61 Å². The standard InChI is InChI=1S/C54H66N4O10/c1-6-8-10-19-34-58(50(51(61)55-32-9-7-2)43-30-31-45(67-37-47(60)65-4)44(35-43)52(62)66-5)46(59)25-18-13-20-33-57-38(3)48(53(63)68-36-39-21-14-11-15-22-39)49(56-54(57)64)42-28-26-41(27-29-42)40-23-16-12-17-24-40/h11-12,14-17,21-24,26-31,35,49-50H,6-10,13,18-20,25,32-34,36-37H2,1-5H3,(H,55,61)(H,56,64)/t49-,50+/m0/s1. The second kappa shape index (κ2) is 27.0. The van der Waals surface area contributed by atoms with E-state index in [1.54, 1.807) is 22.8 Å². The van der Waals surface area contributed by atoms with Crippen LogP contribution in [0.4, 0.5) is 4.79 Å². The number of esters is 3. The molecule has 362 valence electrons. The molecule has 0 aliphatic carbocycles. The molecule has 1 aliphatic rings. The third kappa shape index (κ3) is 14.5. The maximum Gasteiger partial charge on any atom is 0.343 e. The van der Waals surface area contributed by atoms with E-state index < -0.39 is 36.6 Å². The molecule has 68 heavy (non-hydrogen) atoms. The summed E-state index contributed by atoms with van der Waals surface area (Å²) in [6, 6.07) is 29.6. The number of allylic oxidation sites excluding steroid dienone is 1. The molecule has 14 heteroatoms. The highest BCUT2D eigenvalue weighted by Crippen LogP contribution is 2.34. The Kier molecular flexibility index (Phi) is 20.7. The van der Waals surface area contributed by atoms with Crippen molar-refractivity contribution in [3.05, 3.63) is 137 Å². The topological polar surface area (TPSA) is 170 Å². The first-order chi connectivity index (χ1) is 33.0. The van der Waals surface area contributed by atoms with Crippen molar-refractivity contribution in [2.45, 2.75) is 104 Å². The number of hydrogen-bond donors (Lipinski definition) is 2. The molecular formula is C54H66N4O10. The van der Waals surface area contributed by atoms with Crippen LogP contribution in [0.5, 0.6) is 5.75 Å². The lowest BCUT2D eigenvalue weighted by Crippen LogP contribution is -2.48. The van der Waals surface area contributed by atoms with Crippen LogP contribution in [0.15, 0.2) is 114 Å². The van der Waals surface area contributed by atoms with Crippen LogP contribution in [0.1, 0.15) is 124 Å². The summed E-state index contributed by atoms with van der Waals surface area (Å²) >= 11 is 0. The minimum atomic E-state index is -1.08. The van der Waals surface area contributed by atoms with Crippen molar-refractivity contribution in [3.8, 4) is 16.9 Å². The molecule has 0 unspecified atom stereocenters. The van der Waals surface area contributed by atoms with Gasteiger partial charge in [-0.25, -0.2) is 19.2 Å². The highest BCUT2D eigenvalue weighted by Gasteiger charge is 2.37. The van der Waals surface area contributed by atoms with Gasteiger partial charge in [-0.15, -0.1) is 0 Å². The first kappa shape index (κ1) is 52.0. The minimum absolute atomic E-state index is 0.00960. The molecule has 0 aromatic heterocycles. The van der Waals surface area contributed by atoms with Crippen molar-refractivity contribution in [1.29, 1.82) is 0 Å². The summed E-state index contributed by atoms with van der Waals surface area (Å²) in [5.74, 6) is -2.48. The lowest BCUT2D eigenvalue weighted by atomic mass is 9.93. The molecule has 0 saturated heterocycles. The van der Waals surface area contributed by atoms with Crippen LogP contribution in [-0.4, -0.2) is 86.0 Å². The maximum absolute atomic E-state index is 14.4. The van der Waals surface area contributed by atoms with E-state index in [0.29, 0.717) is 55.6 Å². The Morgan fingerprint density at radius 2 is 1.43 bits per heavy atom. The van der Waals surface area contributed by atoms with Crippen molar-refractivity contribution in [2.75, 3.05) is 40.5 Å². The smallest absolute Gasteiger partial charge is 0.343 e. The second-order valence-corrected chi connectivity index (χ2v) is 16.7. The number of urea groups is 1. The van der Waals surface area contributed by atoms with Crippen molar-refractivity contribution in [3.63, 3.8) is 0 Å². The number of nitrogens with zero attached hydrogens (tertiary/aromatic N) is 2. The van der Waals surface area contributed by atoms with Gasteiger partial charge in [0.05, 0.1) is 25.8 Å². The molecule has 0 bridgehead atoms. The predicted molar refractivity (Wildman–Crippen MR) is 259 cm³/mol. The van der Waals surface area contributed by atoms with Crippen LogP contribution in [0.3, 0.4) is 0 Å². The van der Waals surface area contributed by atoms with Crippen molar-refractivity contribution >= 4 is 35.8 Å². The Morgan fingerprint density at radius 1 is 0.750 bits per heavy atom. The summed E-state index contributed by atoms with van der Waals surface area (Å²) in [6.07, 6.45) is 6.70. The molecule has 4 aromatic rings. The number of methoxy groups -OCH3 is 2. The number of carbonyl (C=O) groups is 6. The zero-order chi connectivity index (χ0) is 48.8. The Bertz CT molecular complexity index is 2330. The lowest BCUT2D eigenvalue weighted by Gasteiger charge is -2.35. The van der Waals surface area contributed by atoms with E-state index in [-0.39, 0.29) is 48.7 Å². The van der Waals surface area contributed by atoms with Gasteiger partial charge in [-0.3, -0.25) is 14.5 Å². The predicted octanol–water partition coefficient (Wildman–Crippen LogP) is 9.40. The van der Waals surface area contributed by atoms with E-state index in [4.69, 9.17) is 14.2 Å². The van der Waals surface area contributed by atoms with Crippen LogP contribution >= 0.6 is 0 Å². The molecule has 0 spiro atoms. The van der Waals surface area contributed by atoms with E-state index in [2.05, 4.69) is 22.3 Å². The van der Waals surface area contributed by atoms with Crippen LogP contribution in [-0.2, 0) is 40.0 Å². The SMILES string of the molecule is CCCCCCN(C(=O)CCCCCN1C(=O)N[C@@H](c2ccc(-c3ccccc3)cc2)C(C(=O)OCc2ccccc2)=C1C)[C@@H](C(=O)NCCCC)c1ccc(OCC(=O)OC)c(C(=O)OC)c1. The molecule has 0 radical (unpaired) electrons. The van der Waals surface area contributed by atoms with Gasteiger partial charge in [0.1, 0.15) is 24.0 Å². The van der Waals surface area contributed by atoms with E-state index in [0.717, 1.165) is 54.4 Å². The zero-order valence-electron chi connectivity index (χ0n) is 40.1. The van der Waals surface area contributed by atoms with Crippen molar-refractivity contribution < 1.29 is 47.7 Å². The molecule has 0 fully saturated rings. The van der Waals surface area contributed by atoms with E-state index >= 15 is 0 Å². The summed E-state index contributed by atoms with van der Waals surface area (Å²) in [5.41, 5.74) is 4.82. The summed E-state index contributed by atoms with van der Waals surface area (Å²) in [6.45, 7) is 6.48. The molecule has 4 aromatic carbocycles. The molecule has 1 heterocycles. The highest BCUT2D eigenvalue weighted by atomic mass is 16.6. The van der Waals surface area contributed by atoms with Crippen LogP contribution < -0.4 is 15.4 Å². The molecular weight excluding hydrogens is 865 g/mol. The third-order valence-electron chi connectivity index (χ3n) is 11.9. The number of benzene rings is 4. The Hall–Kier alpha value is -6.96. The van der Waals surface area contributed by atoms with E-state index in [1.165, 1.54) is 26.4 Å². The summed E-state index contributed by atoms with van der Waals surface area (Å²) in [7, 11) is 2.44. The Morgan fingerprint density at radius 3 is 2.10 bits per heavy atom. The second-order valence-electron chi connectivity index (χ2n) is 16.7. The van der Waals surface area contributed by atoms with Crippen LogP contribution in [0.25, 0.3) is 11.1 Å². The quantitative estimate of drug-likeness (QED) is 0.0351. The lowest BCUT2D eigenvalue weighted by molar-refractivity contribution is -0.143. The zero-order valence-corrected chi connectivity index (χ0v) is 40.1. The maximum atomic E-state index is 14.4. The van der Waals surface area contributed by atoms with Crippen LogP contribution in [0, 0.1) is 0 Å². The summed E-state index contributed by atoms with van der Waals surface area (Å²) in [5, 5.41) is 6.06. The Balaban J connectivity index is 1.34. The van der Waals surface area contributed by atoms with Gasteiger partial charge in [0, 0.05) is 31.8 Å². The van der Waals surface area contributed by atoms with Gasteiger partial charge in [-0.2, -0.15) is 0 Å². The van der Waals surface area contributed by atoms with Crippen molar-refractivity contribution in [1.82, 2.24) is 20.4 Å². The number of unbranched alkanes of at least 4 members (excludes halogenated alkanes) is 6. The highest BCUT2D eigenvalue weighted by molar-refractivity contribution is 5.96. The molecule has 4 amide bonds. The molecule has 0 saturated carbocycles. The van der Waals surface area contributed by atoms with Crippen molar-refractivity contribution in [2.24, 2.45) is 0 Å². The number of rotatable bonds is 26. The monoisotopic (exact) mass is 930 g/mol.